The van der Waals surface area contributed by atoms with Crippen LogP contribution in [0.5, 0.6) is 0 Å². The van der Waals surface area contributed by atoms with E-state index in [4.69, 9.17) is 24.8 Å². The number of fused-ring (bicyclic) bond motifs is 1. The summed E-state index contributed by atoms with van der Waals surface area (Å²) in [5.41, 5.74) is 6.46. The zero-order valence-corrected chi connectivity index (χ0v) is 14.6. The predicted octanol–water partition coefficient (Wildman–Crippen LogP) is -1.16. The average Bonchev–Trinajstić information content (AvgIpc) is 3.10. The number of hydrogen-bond donors (Lipinski definition) is 4. The maximum absolute atomic E-state index is 9.54. The summed E-state index contributed by atoms with van der Waals surface area (Å²) in [5, 5.41) is 9.54. The molecule has 14 heteroatoms. The summed E-state index contributed by atoms with van der Waals surface area (Å²) in [4.78, 5) is 40.9. The highest BCUT2D eigenvalue weighted by Gasteiger charge is 2.50. The van der Waals surface area contributed by atoms with E-state index in [1.165, 1.54) is 24.3 Å². The minimum absolute atomic E-state index is 0.179. The van der Waals surface area contributed by atoms with Crippen LogP contribution in [0.15, 0.2) is 12.7 Å². The van der Waals surface area contributed by atoms with E-state index in [9.17, 15) is 14.9 Å². The largest absolute Gasteiger partial charge is 0.394 e. The highest BCUT2D eigenvalue weighted by atomic mass is 32.5. The number of aliphatic hydroxyl groups excluding tert-OH is 1. The first-order valence-corrected chi connectivity index (χ1v) is 9.61. The zero-order chi connectivity index (χ0) is 18.2. The van der Waals surface area contributed by atoms with Crippen LogP contribution < -0.4 is 5.73 Å². The second-order valence-electron chi connectivity index (χ2n) is 5.12. The number of aliphatic hydroxyl groups is 1. The van der Waals surface area contributed by atoms with Gasteiger partial charge in [-0.25, -0.2) is 24.7 Å². The molecule has 1 fully saturated rings. The Labute approximate surface area is 146 Å². The number of nitrogens with zero attached hydrogens (tertiary/aromatic N) is 4. The molecule has 0 aromatic carbocycles. The van der Waals surface area contributed by atoms with Crippen LogP contribution in [0.1, 0.15) is 6.23 Å². The summed E-state index contributed by atoms with van der Waals surface area (Å²) in [6.07, 6.45) is -1.32. The van der Waals surface area contributed by atoms with E-state index in [0.29, 0.717) is 11.2 Å². The van der Waals surface area contributed by atoms with Gasteiger partial charge in [0.15, 0.2) is 23.8 Å². The molecule has 0 bridgehead atoms. The molecule has 0 saturated carbocycles. The summed E-state index contributed by atoms with van der Waals surface area (Å²) in [5.74, 6) is 0.179. The molecule has 0 spiro atoms. The molecule has 0 amide bonds. The average molecular weight is 393 g/mol. The van der Waals surface area contributed by atoms with E-state index in [2.05, 4.69) is 26.8 Å². The molecule has 0 aliphatic carbocycles. The van der Waals surface area contributed by atoms with Crippen molar-refractivity contribution in [2.75, 3.05) is 19.5 Å². The van der Waals surface area contributed by atoms with Gasteiger partial charge in [0.1, 0.15) is 24.1 Å². The Morgan fingerprint density at radius 3 is 2.76 bits per heavy atom. The van der Waals surface area contributed by atoms with Gasteiger partial charge in [0.05, 0.1) is 20.0 Å². The number of nitrogen functional groups attached to an aromatic ring is 1. The van der Waals surface area contributed by atoms with Crippen molar-refractivity contribution in [2.24, 2.45) is 0 Å². The maximum Gasteiger partial charge on any atom is 0.322 e. The quantitative estimate of drug-likeness (QED) is 0.264. The Bertz CT molecular complexity index is 800. The maximum atomic E-state index is 9.54. The Kier molecular flexibility index (Phi) is 5.29. The van der Waals surface area contributed by atoms with Crippen molar-refractivity contribution in [1.29, 1.82) is 0 Å². The summed E-state index contributed by atoms with van der Waals surface area (Å²) >= 11 is 4.50. The monoisotopic (exact) mass is 393 g/mol. The van der Waals surface area contributed by atoms with Crippen molar-refractivity contribution < 1.29 is 33.9 Å². The van der Waals surface area contributed by atoms with Crippen LogP contribution in [0.4, 0.5) is 5.82 Å². The Hall–Kier alpha value is -1.28. The zero-order valence-electron chi connectivity index (χ0n) is 12.9. The lowest BCUT2D eigenvalue weighted by atomic mass is 10.1. The minimum atomic E-state index is -4.05. The molecule has 138 valence electrons. The Balaban J connectivity index is 2.01. The van der Waals surface area contributed by atoms with E-state index < -0.39 is 37.9 Å². The van der Waals surface area contributed by atoms with Gasteiger partial charge in [0.2, 0.25) is 0 Å². The first-order chi connectivity index (χ1) is 11.9. The summed E-state index contributed by atoms with van der Waals surface area (Å²) in [6.45, 7) is -4.53. The summed E-state index contributed by atoms with van der Waals surface area (Å²) in [6, 6.07) is 0. The fourth-order valence-corrected chi connectivity index (χ4v) is 3.51. The SMILES string of the molecule is COO[C@@H]1[C@H](OP(O)(O)=S)[C@@H](CO)O[C@H]1n1cnc2c(N)ncnc21. The molecule has 0 unspecified atom stereocenters. The number of imidazole rings is 1. The van der Waals surface area contributed by atoms with Gasteiger partial charge in [0.25, 0.3) is 0 Å². The molecule has 1 saturated heterocycles. The molecule has 3 rings (SSSR count). The van der Waals surface area contributed by atoms with Crippen molar-refractivity contribution in [3.8, 4) is 0 Å². The molecule has 5 N–H and O–H groups in total. The number of rotatable bonds is 6. The van der Waals surface area contributed by atoms with Crippen LogP contribution in [0.2, 0.25) is 0 Å². The Morgan fingerprint density at radius 1 is 1.36 bits per heavy atom. The lowest BCUT2D eigenvalue weighted by Crippen LogP contribution is -2.37. The third kappa shape index (κ3) is 3.65. The van der Waals surface area contributed by atoms with Gasteiger partial charge < -0.3 is 25.4 Å². The van der Waals surface area contributed by atoms with Crippen molar-refractivity contribution in [2.45, 2.75) is 24.5 Å². The number of ether oxygens (including phenoxy) is 1. The molecule has 3 heterocycles. The van der Waals surface area contributed by atoms with Crippen molar-refractivity contribution >= 4 is 35.5 Å². The topological polar surface area (TPSA) is 167 Å². The number of hydrogen-bond acceptors (Lipinski definition) is 10. The molecule has 2 aromatic heterocycles. The van der Waals surface area contributed by atoms with Crippen molar-refractivity contribution in [3.63, 3.8) is 0 Å². The molecule has 12 nitrogen and oxygen atoms in total. The van der Waals surface area contributed by atoms with Crippen LogP contribution in [0, 0.1) is 0 Å². The van der Waals surface area contributed by atoms with Crippen LogP contribution in [-0.2, 0) is 30.8 Å². The van der Waals surface area contributed by atoms with Gasteiger partial charge in [-0.1, -0.05) is 0 Å². The van der Waals surface area contributed by atoms with E-state index in [0.717, 1.165) is 0 Å². The number of aromatic nitrogens is 4. The smallest absolute Gasteiger partial charge is 0.322 e. The van der Waals surface area contributed by atoms with Crippen LogP contribution in [0.25, 0.3) is 11.2 Å². The van der Waals surface area contributed by atoms with Gasteiger partial charge >= 0.3 is 6.72 Å². The second-order valence-corrected chi connectivity index (χ2v) is 7.74. The summed E-state index contributed by atoms with van der Waals surface area (Å²) in [7, 11) is 1.26. The molecular formula is C11H16N5O7PS. The third-order valence-electron chi connectivity index (χ3n) is 3.59. The lowest BCUT2D eigenvalue weighted by molar-refractivity contribution is -0.326. The molecule has 1 aliphatic rings. The fourth-order valence-electron chi connectivity index (χ4n) is 2.63. The normalized spacial score (nSPS) is 27.2. The summed E-state index contributed by atoms with van der Waals surface area (Å²) < 4.78 is 12.3. The van der Waals surface area contributed by atoms with Gasteiger partial charge in [-0.3, -0.25) is 9.09 Å². The van der Waals surface area contributed by atoms with E-state index in [1.807, 2.05) is 0 Å². The van der Waals surface area contributed by atoms with E-state index in [-0.39, 0.29) is 5.82 Å². The second kappa shape index (κ2) is 7.15. The highest BCUT2D eigenvalue weighted by molar-refractivity contribution is 8.06. The highest BCUT2D eigenvalue weighted by Crippen LogP contribution is 2.45. The molecule has 25 heavy (non-hydrogen) atoms. The Morgan fingerprint density at radius 2 is 2.12 bits per heavy atom. The third-order valence-corrected chi connectivity index (χ3v) is 4.37. The predicted molar refractivity (Wildman–Crippen MR) is 86.2 cm³/mol. The van der Waals surface area contributed by atoms with Gasteiger partial charge in [0, 0.05) is 0 Å². The van der Waals surface area contributed by atoms with E-state index >= 15 is 0 Å². The first-order valence-electron chi connectivity index (χ1n) is 6.98. The number of nitrogens with two attached hydrogens (primary N) is 1. The number of anilines is 1. The van der Waals surface area contributed by atoms with Gasteiger partial charge in [-0.2, -0.15) is 0 Å². The standard InChI is InChI=1S/C11H16N5O7PS/c1-20-22-8-7(23-24(18,19)25)5(2-17)21-11(8)16-4-15-6-9(12)13-3-14-10(6)16/h3-5,7-8,11,17H,2H2,1H3,(H2,12,13,14)(H2,18,19,25)/t5-,7-,8-,11-/m1/s1. The minimum Gasteiger partial charge on any atom is -0.394 e. The molecular weight excluding hydrogens is 377 g/mol. The van der Waals surface area contributed by atoms with Gasteiger partial charge in [-0.05, 0) is 11.8 Å². The van der Waals surface area contributed by atoms with E-state index in [1.54, 1.807) is 0 Å². The molecule has 2 aromatic rings. The van der Waals surface area contributed by atoms with Crippen molar-refractivity contribution in [3.05, 3.63) is 12.7 Å². The van der Waals surface area contributed by atoms with Crippen LogP contribution >= 0.6 is 6.72 Å². The molecule has 4 atom stereocenters. The molecule has 0 radical (unpaired) electrons. The van der Waals surface area contributed by atoms with Crippen LogP contribution in [0.3, 0.4) is 0 Å². The lowest BCUT2D eigenvalue weighted by Gasteiger charge is -2.24. The van der Waals surface area contributed by atoms with Crippen molar-refractivity contribution in [1.82, 2.24) is 19.5 Å². The van der Waals surface area contributed by atoms with Crippen LogP contribution in [-0.4, -0.2) is 66.4 Å². The fraction of sp³-hybridized carbons (Fsp3) is 0.545. The molecule has 1 aliphatic heterocycles. The van der Waals surface area contributed by atoms with Gasteiger partial charge in [-0.15, -0.1) is 0 Å². The first kappa shape index (κ1) is 18.5.